The second-order valence-corrected chi connectivity index (χ2v) is 7.51. The third-order valence-corrected chi connectivity index (χ3v) is 3.88. The van der Waals surface area contributed by atoms with Gasteiger partial charge in [-0.05, 0) is 44.5 Å². The van der Waals surface area contributed by atoms with Crippen LogP contribution in [0.3, 0.4) is 0 Å². The SMILES string of the molecule is CC(C)(C)OC(=O)NCc1ccc(C(=O)NCCNc2ccccc2[N+](=O)[O-])cc1. The summed E-state index contributed by atoms with van der Waals surface area (Å²) < 4.78 is 5.17. The molecule has 0 saturated heterocycles. The maximum absolute atomic E-state index is 12.2. The van der Waals surface area contributed by atoms with Crippen molar-refractivity contribution in [3.05, 3.63) is 69.8 Å². The monoisotopic (exact) mass is 414 g/mol. The number of nitro benzene ring substituents is 1. The Bertz CT molecular complexity index is 891. The van der Waals surface area contributed by atoms with Crippen LogP contribution in [0.1, 0.15) is 36.7 Å². The highest BCUT2D eigenvalue weighted by atomic mass is 16.6. The smallest absolute Gasteiger partial charge is 0.407 e. The van der Waals surface area contributed by atoms with Gasteiger partial charge in [0, 0.05) is 31.3 Å². The van der Waals surface area contributed by atoms with Crippen LogP contribution in [0.4, 0.5) is 16.2 Å². The first-order valence-corrected chi connectivity index (χ1v) is 9.47. The Morgan fingerprint density at radius 2 is 1.67 bits per heavy atom. The molecular weight excluding hydrogens is 388 g/mol. The van der Waals surface area contributed by atoms with E-state index in [1.807, 2.05) is 0 Å². The van der Waals surface area contributed by atoms with E-state index < -0.39 is 16.6 Å². The van der Waals surface area contributed by atoms with Crippen molar-refractivity contribution in [2.45, 2.75) is 32.9 Å². The molecule has 0 bridgehead atoms. The standard InChI is InChI=1S/C21H26N4O5/c1-21(2,3)30-20(27)24-14-15-8-10-16(11-9-15)19(26)23-13-12-22-17-6-4-5-7-18(17)25(28)29/h4-11,22H,12-14H2,1-3H3,(H,23,26)(H,24,27). The second-order valence-electron chi connectivity index (χ2n) is 7.51. The molecule has 30 heavy (non-hydrogen) atoms. The summed E-state index contributed by atoms with van der Waals surface area (Å²) in [6.07, 6.45) is -0.504. The fourth-order valence-electron chi connectivity index (χ4n) is 2.52. The van der Waals surface area contributed by atoms with Gasteiger partial charge in [0.1, 0.15) is 11.3 Å². The number of nitrogens with one attached hydrogen (secondary N) is 3. The number of carbonyl (C=O) groups excluding carboxylic acids is 2. The lowest BCUT2D eigenvalue weighted by molar-refractivity contribution is -0.384. The molecule has 2 aromatic carbocycles. The molecule has 0 aliphatic heterocycles. The normalized spacial score (nSPS) is 10.8. The van der Waals surface area contributed by atoms with E-state index in [9.17, 15) is 19.7 Å². The molecule has 0 saturated carbocycles. The highest BCUT2D eigenvalue weighted by Gasteiger charge is 2.16. The molecule has 2 amide bonds. The summed E-state index contributed by atoms with van der Waals surface area (Å²) in [5.74, 6) is -0.258. The van der Waals surface area contributed by atoms with Gasteiger partial charge in [-0.2, -0.15) is 0 Å². The number of amides is 2. The first kappa shape index (κ1) is 22.7. The lowest BCUT2D eigenvalue weighted by Crippen LogP contribution is -2.32. The third-order valence-electron chi connectivity index (χ3n) is 3.88. The van der Waals surface area contributed by atoms with Crippen LogP contribution in [0.25, 0.3) is 0 Å². The quantitative estimate of drug-likeness (QED) is 0.345. The summed E-state index contributed by atoms with van der Waals surface area (Å²) in [4.78, 5) is 34.4. The van der Waals surface area contributed by atoms with Gasteiger partial charge in [-0.1, -0.05) is 24.3 Å². The molecule has 0 atom stereocenters. The van der Waals surface area contributed by atoms with E-state index >= 15 is 0 Å². The van der Waals surface area contributed by atoms with Crippen LogP contribution < -0.4 is 16.0 Å². The highest BCUT2D eigenvalue weighted by molar-refractivity contribution is 5.94. The molecular formula is C21H26N4O5. The third kappa shape index (κ3) is 7.42. The van der Waals surface area contributed by atoms with Gasteiger partial charge in [-0.15, -0.1) is 0 Å². The van der Waals surface area contributed by atoms with Gasteiger partial charge in [-0.3, -0.25) is 14.9 Å². The van der Waals surface area contributed by atoms with E-state index in [0.29, 0.717) is 24.3 Å². The Balaban J connectivity index is 1.77. The Kier molecular flexibility index (Phi) is 7.74. The van der Waals surface area contributed by atoms with Crippen molar-refractivity contribution >= 4 is 23.4 Å². The number of alkyl carbamates (subject to hydrolysis) is 1. The van der Waals surface area contributed by atoms with Crippen LogP contribution in [-0.4, -0.2) is 35.6 Å². The summed E-state index contributed by atoms with van der Waals surface area (Å²) in [5, 5.41) is 19.3. The predicted octanol–water partition coefficient (Wildman–Crippen LogP) is 3.46. The van der Waals surface area contributed by atoms with Crippen LogP contribution in [0.15, 0.2) is 48.5 Å². The molecule has 2 rings (SSSR count). The van der Waals surface area contributed by atoms with Crippen molar-refractivity contribution in [3.8, 4) is 0 Å². The molecule has 0 aliphatic carbocycles. The van der Waals surface area contributed by atoms with Gasteiger partial charge in [-0.25, -0.2) is 4.79 Å². The Hall–Kier alpha value is -3.62. The zero-order valence-corrected chi connectivity index (χ0v) is 17.2. The summed E-state index contributed by atoms with van der Waals surface area (Å²) in [6.45, 7) is 6.29. The fraction of sp³-hybridized carbons (Fsp3) is 0.333. The summed E-state index contributed by atoms with van der Waals surface area (Å²) in [6, 6.07) is 13.2. The Labute approximate surface area is 175 Å². The largest absolute Gasteiger partial charge is 0.444 e. The molecule has 3 N–H and O–H groups in total. The lowest BCUT2D eigenvalue weighted by atomic mass is 10.1. The summed E-state index contributed by atoms with van der Waals surface area (Å²) >= 11 is 0. The summed E-state index contributed by atoms with van der Waals surface area (Å²) in [7, 11) is 0. The minimum absolute atomic E-state index is 0.0144. The van der Waals surface area contributed by atoms with Crippen molar-refractivity contribution in [1.29, 1.82) is 0 Å². The van der Waals surface area contributed by atoms with Crippen molar-refractivity contribution in [2.75, 3.05) is 18.4 Å². The fourth-order valence-corrected chi connectivity index (χ4v) is 2.52. The number of nitro groups is 1. The molecule has 9 nitrogen and oxygen atoms in total. The molecule has 0 spiro atoms. The van der Waals surface area contributed by atoms with Crippen LogP contribution in [0.5, 0.6) is 0 Å². The number of benzene rings is 2. The number of nitrogens with zero attached hydrogens (tertiary/aromatic N) is 1. The van der Waals surface area contributed by atoms with Gasteiger partial charge in [0.05, 0.1) is 4.92 Å². The number of ether oxygens (including phenoxy) is 1. The number of rotatable bonds is 8. The van der Waals surface area contributed by atoms with E-state index in [1.54, 1.807) is 63.2 Å². The van der Waals surface area contributed by atoms with Gasteiger partial charge in [0.25, 0.3) is 11.6 Å². The van der Waals surface area contributed by atoms with Crippen molar-refractivity contribution in [1.82, 2.24) is 10.6 Å². The first-order valence-electron chi connectivity index (χ1n) is 9.47. The van der Waals surface area contributed by atoms with Crippen LogP contribution in [-0.2, 0) is 11.3 Å². The number of hydrogen-bond donors (Lipinski definition) is 3. The van der Waals surface area contributed by atoms with E-state index in [2.05, 4.69) is 16.0 Å². The van der Waals surface area contributed by atoms with Crippen LogP contribution in [0, 0.1) is 10.1 Å². The number of anilines is 1. The number of para-hydroxylation sites is 2. The molecule has 0 heterocycles. The lowest BCUT2D eigenvalue weighted by Gasteiger charge is -2.19. The average molecular weight is 414 g/mol. The van der Waals surface area contributed by atoms with Crippen molar-refractivity contribution in [3.63, 3.8) is 0 Å². The average Bonchev–Trinajstić information content (AvgIpc) is 2.69. The Morgan fingerprint density at radius 1 is 1.00 bits per heavy atom. The van der Waals surface area contributed by atoms with Gasteiger partial charge >= 0.3 is 6.09 Å². The second kappa shape index (κ2) is 10.2. The Morgan fingerprint density at radius 3 is 2.30 bits per heavy atom. The van der Waals surface area contributed by atoms with E-state index in [-0.39, 0.29) is 18.1 Å². The number of carbonyl (C=O) groups is 2. The van der Waals surface area contributed by atoms with Gasteiger partial charge in [0.2, 0.25) is 0 Å². The minimum atomic E-state index is -0.563. The maximum atomic E-state index is 12.2. The first-order chi connectivity index (χ1) is 14.2. The van der Waals surface area contributed by atoms with E-state index in [4.69, 9.17) is 4.74 Å². The van der Waals surface area contributed by atoms with E-state index in [1.165, 1.54) is 6.07 Å². The topological polar surface area (TPSA) is 123 Å². The molecule has 0 unspecified atom stereocenters. The zero-order chi connectivity index (χ0) is 22.1. The molecule has 160 valence electrons. The predicted molar refractivity (Wildman–Crippen MR) is 113 cm³/mol. The summed E-state index contributed by atoms with van der Waals surface area (Å²) in [5.41, 5.74) is 1.13. The number of hydrogen-bond acceptors (Lipinski definition) is 6. The minimum Gasteiger partial charge on any atom is -0.444 e. The van der Waals surface area contributed by atoms with Crippen LogP contribution in [0.2, 0.25) is 0 Å². The molecule has 0 aromatic heterocycles. The van der Waals surface area contributed by atoms with Gasteiger partial charge < -0.3 is 20.7 Å². The molecule has 0 radical (unpaired) electrons. The van der Waals surface area contributed by atoms with Crippen LogP contribution >= 0.6 is 0 Å². The molecule has 0 fully saturated rings. The molecule has 0 aliphatic rings. The van der Waals surface area contributed by atoms with Crippen molar-refractivity contribution < 1.29 is 19.2 Å². The highest BCUT2D eigenvalue weighted by Crippen LogP contribution is 2.22. The zero-order valence-electron chi connectivity index (χ0n) is 17.2. The molecule has 2 aromatic rings. The van der Waals surface area contributed by atoms with Crippen molar-refractivity contribution in [2.24, 2.45) is 0 Å². The molecule has 9 heteroatoms. The van der Waals surface area contributed by atoms with Gasteiger partial charge in [0.15, 0.2) is 0 Å². The van der Waals surface area contributed by atoms with E-state index in [0.717, 1.165) is 5.56 Å². The maximum Gasteiger partial charge on any atom is 0.407 e.